The van der Waals surface area contributed by atoms with Crippen molar-refractivity contribution >= 4 is 11.8 Å². The summed E-state index contributed by atoms with van der Waals surface area (Å²) in [5.74, 6) is -0.385. The lowest BCUT2D eigenvalue weighted by atomic mass is 10.2. The fourth-order valence-corrected chi connectivity index (χ4v) is 1.85. The molecule has 0 spiro atoms. The van der Waals surface area contributed by atoms with Crippen molar-refractivity contribution in [2.75, 3.05) is 0 Å². The number of halogens is 6. The summed E-state index contributed by atoms with van der Waals surface area (Å²) in [7, 11) is 0. The van der Waals surface area contributed by atoms with E-state index in [1.165, 1.54) is 12.1 Å². The monoisotopic (exact) mass is 274 g/mol. The highest BCUT2D eigenvalue weighted by Gasteiger charge is 2.57. The van der Waals surface area contributed by atoms with Crippen LogP contribution in [0.5, 0.6) is 0 Å². The normalized spacial score (nSPS) is 14.7. The van der Waals surface area contributed by atoms with E-state index in [9.17, 15) is 26.3 Å². The second-order valence-electron chi connectivity index (χ2n) is 3.24. The first-order valence-electron chi connectivity index (χ1n) is 4.50. The second kappa shape index (κ2) is 5.20. The van der Waals surface area contributed by atoms with Gasteiger partial charge >= 0.3 is 11.4 Å². The molecule has 0 radical (unpaired) electrons. The lowest BCUT2D eigenvalue weighted by Gasteiger charge is -2.21. The van der Waals surface area contributed by atoms with Gasteiger partial charge in [0.2, 0.25) is 0 Å². The van der Waals surface area contributed by atoms with Crippen molar-refractivity contribution in [2.24, 2.45) is 0 Å². The SMILES string of the molecule is FC(C(F)(F)F)C(F)(F)SCc1ccccc1. The summed E-state index contributed by atoms with van der Waals surface area (Å²) >= 11 is -0.362. The third-order valence-electron chi connectivity index (χ3n) is 1.86. The van der Waals surface area contributed by atoms with Gasteiger partial charge in [0, 0.05) is 5.75 Å². The zero-order valence-electron chi connectivity index (χ0n) is 8.35. The van der Waals surface area contributed by atoms with Gasteiger partial charge in [-0.25, -0.2) is 4.39 Å². The first-order valence-corrected chi connectivity index (χ1v) is 5.48. The number of benzene rings is 1. The molecule has 1 atom stereocenters. The molecule has 0 aromatic heterocycles. The Hall–Kier alpha value is -0.850. The maximum Gasteiger partial charge on any atom is 0.426 e. The van der Waals surface area contributed by atoms with Crippen LogP contribution in [0.1, 0.15) is 5.56 Å². The molecule has 0 bridgehead atoms. The lowest BCUT2D eigenvalue weighted by Crippen LogP contribution is -2.39. The molecule has 0 aliphatic carbocycles. The van der Waals surface area contributed by atoms with Crippen molar-refractivity contribution in [3.63, 3.8) is 0 Å². The summed E-state index contributed by atoms with van der Waals surface area (Å²) in [5, 5.41) is -4.48. The average Bonchev–Trinajstić information content (AvgIpc) is 2.26. The Morgan fingerprint density at radius 3 is 2.00 bits per heavy atom. The Bertz CT molecular complexity index is 348. The van der Waals surface area contributed by atoms with Crippen LogP contribution < -0.4 is 0 Å². The molecule has 1 aromatic carbocycles. The van der Waals surface area contributed by atoms with Crippen molar-refractivity contribution in [1.29, 1.82) is 0 Å². The lowest BCUT2D eigenvalue weighted by molar-refractivity contribution is -0.219. The van der Waals surface area contributed by atoms with E-state index >= 15 is 0 Å². The van der Waals surface area contributed by atoms with Gasteiger partial charge in [-0.15, -0.1) is 0 Å². The topological polar surface area (TPSA) is 0 Å². The molecular weight excluding hydrogens is 266 g/mol. The van der Waals surface area contributed by atoms with Gasteiger partial charge in [0.1, 0.15) is 0 Å². The molecule has 1 aromatic rings. The molecular formula is C10H8F6S. The van der Waals surface area contributed by atoms with Crippen LogP contribution in [0.25, 0.3) is 0 Å². The number of hydrogen-bond donors (Lipinski definition) is 0. The molecule has 7 heteroatoms. The first-order chi connectivity index (χ1) is 7.73. The highest BCUT2D eigenvalue weighted by atomic mass is 32.2. The molecule has 0 saturated carbocycles. The summed E-state index contributed by atoms with van der Waals surface area (Å²) in [4.78, 5) is 0. The summed E-state index contributed by atoms with van der Waals surface area (Å²) in [6.45, 7) is 0. The Morgan fingerprint density at radius 2 is 1.53 bits per heavy atom. The van der Waals surface area contributed by atoms with Crippen LogP contribution in [0.15, 0.2) is 30.3 Å². The summed E-state index contributed by atoms with van der Waals surface area (Å²) in [6, 6.07) is 7.71. The van der Waals surface area contributed by atoms with Crippen molar-refractivity contribution in [3.05, 3.63) is 35.9 Å². The summed E-state index contributed by atoms with van der Waals surface area (Å²) in [5.41, 5.74) is 0.409. The van der Waals surface area contributed by atoms with Gasteiger partial charge in [0.05, 0.1) is 0 Å². The Kier molecular flexibility index (Phi) is 4.35. The predicted octanol–water partition coefficient (Wildman–Crippen LogP) is 4.41. The van der Waals surface area contributed by atoms with Crippen LogP contribution in [-0.2, 0) is 5.75 Å². The molecule has 0 nitrogen and oxygen atoms in total. The zero-order valence-corrected chi connectivity index (χ0v) is 9.16. The van der Waals surface area contributed by atoms with Gasteiger partial charge in [-0.1, -0.05) is 42.1 Å². The predicted molar refractivity (Wildman–Crippen MR) is 53.6 cm³/mol. The third kappa shape index (κ3) is 4.14. The Balaban J connectivity index is 2.62. The third-order valence-corrected chi connectivity index (χ3v) is 2.93. The number of alkyl halides is 6. The van der Waals surface area contributed by atoms with Gasteiger partial charge in [-0.3, -0.25) is 0 Å². The molecule has 1 unspecified atom stereocenters. The Morgan fingerprint density at radius 1 is 1.00 bits per heavy atom. The largest absolute Gasteiger partial charge is 0.426 e. The maximum atomic E-state index is 12.9. The maximum absolute atomic E-state index is 12.9. The minimum absolute atomic E-state index is 0.362. The van der Waals surface area contributed by atoms with Crippen LogP contribution in [0.3, 0.4) is 0 Å². The number of rotatable bonds is 4. The van der Waals surface area contributed by atoms with Crippen molar-refractivity contribution in [3.8, 4) is 0 Å². The molecule has 0 N–H and O–H groups in total. The van der Waals surface area contributed by atoms with Gasteiger partial charge in [-0.05, 0) is 5.56 Å². The summed E-state index contributed by atoms with van der Waals surface area (Å²) in [6.07, 6.45) is -9.70. The van der Waals surface area contributed by atoms with E-state index in [0.717, 1.165) is 0 Å². The molecule has 96 valence electrons. The van der Waals surface area contributed by atoms with E-state index in [1.807, 2.05) is 0 Å². The standard InChI is InChI=1S/C10H8F6S/c11-8(9(12,13)14)10(15,16)17-6-7-4-2-1-3-5-7/h1-5,8H,6H2. The fraction of sp³-hybridized carbons (Fsp3) is 0.400. The highest BCUT2D eigenvalue weighted by Crippen LogP contribution is 2.43. The van der Waals surface area contributed by atoms with E-state index in [0.29, 0.717) is 5.56 Å². The molecule has 0 aliphatic heterocycles. The average molecular weight is 274 g/mol. The van der Waals surface area contributed by atoms with E-state index in [1.54, 1.807) is 18.2 Å². The molecule has 1 rings (SSSR count). The zero-order chi connectivity index (χ0) is 13.1. The second-order valence-corrected chi connectivity index (χ2v) is 4.36. The molecule has 0 saturated heterocycles. The van der Waals surface area contributed by atoms with Gasteiger partial charge < -0.3 is 0 Å². The van der Waals surface area contributed by atoms with Crippen LogP contribution in [-0.4, -0.2) is 17.6 Å². The fourth-order valence-electron chi connectivity index (χ4n) is 1.02. The molecule has 0 heterocycles. The molecule has 0 fully saturated rings. The van der Waals surface area contributed by atoms with Gasteiger partial charge in [0.25, 0.3) is 6.17 Å². The first kappa shape index (κ1) is 14.2. The summed E-state index contributed by atoms with van der Waals surface area (Å²) < 4.78 is 73.6. The molecule has 0 aliphatic rings. The number of hydrogen-bond acceptors (Lipinski definition) is 1. The van der Waals surface area contributed by atoms with Gasteiger partial charge in [-0.2, -0.15) is 22.0 Å². The van der Waals surface area contributed by atoms with Crippen molar-refractivity contribution < 1.29 is 26.3 Å². The smallest absolute Gasteiger partial charge is 0.230 e. The molecule has 0 amide bonds. The van der Waals surface area contributed by atoms with Crippen LogP contribution in [0, 0.1) is 0 Å². The minimum atomic E-state index is -5.55. The van der Waals surface area contributed by atoms with Gasteiger partial charge in [0.15, 0.2) is 0 Å². The minimum Gasteiger partial charge on any atom is -0.230 e. The van der Waals surface area contributed by atoms with Crippen LogP contribution in [0.2, 0.25) is 0 Å². The van der Waals surface area contributed by atoms with Crippen molar-refractivity contribution in [1.82, 2.24) is 0 Å². The Labute approximate surface area is 98.0 Å². The quantitative estimate of drug-likeness (QED) is 0.733. The molecule has 17 heavy (non-hydrogen) atoms. The highest BCUT2D eigenvalue weighted by molar-refractivity contribution is 7.99. The van der Waals surface area contributed by atoms with Crippen molar-refractivity contribution in [2.45, 2.75) is 23.4 Å². The van der Waals surface area contributed by atoms with E-state index in [4.69, 9.17) is 0 Å². The van der Waals surface area contributed by atoms with E-state index in [2.05, 4.69) is 0 Å². The van der Waals surface area contributed by atoms with Crippen LogP contribution >= 0.6 is 11.8 Å². The van der Waals surface area contributed by atoms with E-state index in [-0.39, 0.29) is 17.5 Å². The van der Waals surface area contributed by atoms with E-state index < -0.39 is 17.6 Å². The van der Waals surface area contributed by atoms with Crippen LogP contribution in [0.4, 0.5) is 26.3 Å². The number of thioether (sulfide) groups is 1.